The van der Waals surface area contributed by atoms with Crippen molar-refractivity contribution in [1.29, 1.82) is 0 Å². The van der Waals surface area contributed by atoms with Gasteiger partial charge in [0, 0.05) is 32.4 Å². The van der Waals surface area contributed by atoms with E-state index in [0.29, 0.717) is 0 Å². The number of benzene rings is 1. The van der Waals surface area contributed by atoms with Crippen LogP contribution in [0.2, 0.25) is 0 Å². The van der Waals surface area contributed by atoms with E-state index in [1.807, 2.05) is 18.3 Å². The van der Waals surface area contributed by atoms with Gasteiger partial charge in [-0.25, -0.2) is 4.98 Å². The fraction of sp³-hybridized carbons (Fsp3) is 0.389. The van der Waals surface area contributed by atoms with Crippen LogP contribution >= 0.6 is 0 Å². The average Bonchev–Trinajstić information content (AvgIpc) is 2.63. The first kappa shape index (κ1) is 15.8. The van der Waals surface area contributed by atoms with Crippen molar-refractivity contribution in [3.63, 3.8) is 0 Å². The van der Waals surface area contributed by atoms with Gasteiger partial charge in [0.25, 0.3) is 0 Å². The normalized spacial score (nSPS) is 14.7. The summed E-state index contributed by atoms with van der Waals surface area (Å²) >= 11 is 0. The summed E-state index contributed by atoms with van der Waals surface area (Å²) in [6, 6.07) is 12.4. The van der Waals surface area contributed by atoms with Crippen molar-refractivity contribution in [2.45, 2.75) is 13.1 Å². The van der Waals surface area contributed by atoms with Crippen molar-refractivity contribution >= 4 is 5.82 Å². The third-order valence-electron chi connectivity index (χ3n) is 3.96. The lowest BCUT2D eigenvalue weighted by Crippen LogP contribution is -2.36. The molecule has 1 fully saturated rings. The summed E-state index contributed by atoms with van der Waals surface area (Å²) in [7, 11) is 1.68. The smallest absolute Gasteiger partial charge is 0.128 e. The largest absolute Gasteiger partial charge is 0.497 e. The molecule has 1 N–H and O–H groups in total. The Morgan fingerprint density at radius 1 is 1.09 bits per heavy atom. The Labute approximate surface area is 137 Å². The predicted octanol–water partition coefficient (Wildman–Crippen LogP) is 2.22. The highest BCUT2D eigenvalue weighted by Crippen LogP contribution is 2.15. The molecule has 2 aromatic rings. The van der Waals surface area contributed by atoms with Crippen molar-refractivity contribution in [2.75, 3.05) is 38.3 Å². The van der Waals surface area contributed by atoms with E-state index < -0.39 is 0 Å². The molecule has 0 spiro atoms. The molecule has 0 radical (unpaired) electrons. The van der Waals surface area contributed by atoms with Crippen molar-refractivity contribution in [3.8, 4) is 5.75 Å². The molecule has 0 atom stereocenters. The highest BCUT2D eigenvalue weighted by Gasteiger charge is 2.12. The summed E-state index contributed by atoms with van der Waals surface area (Å²) in [6.45, 7) is 5.04. The summed E-state index contributed by atoms with van der Waals surface area (Å²) in [4.78, 5) is 6.75. The van der Waals surface area contributed by atoms with Crippen LogP contribution in [-0.2, 0) is 17.8 Å². The molecular weight excluding hydrogens is 290 g/mol. The molecule has 5 nitrogen and oxygen atoms in total. The minimum absolute atomic E-state index is 0.779. The van der Waals surface area contributed by atoms with Crippen LogP contribution in [0.5, 0.6) is 5.75 Å². The van der Waals surface area contributed by atoms with Crippen LogP contribution in [0.3, 0.4) is 0 Å². The zero-order valence-corrected chi connectivity index (χ0v) is 13.5. The molecule has 0 bridgehead atoms. The lowest BCUT2D eigenvalue weighted by molar-refractivity contribution is 0.122. The molecule has 3 rings (SSSR count). The van der Waals surface area contributed by atoms with Gasteiger partial charge in [0.15, 0.2) is 0 Å². The molecule has 1 aliphatic heterocycles. The van der Waals surface area contributed by atoms with E-state index in [4.69, 9.17) is 9.47 Å². The van der Waals surface area contributed by atoms with Gasteiger partial charge in [-0.15, -0.1) is 0 Å². The first-order valence-electron chi connectivity index (χ1n) is 7.96. The van der Waals surface area contributed by atoms with E-state index >= 15 is 0 Å². The number of methoxy groups -OCH3 is 1. The number of aromatic nitrogens is 1. The third-order valence-corrected chi connectivity index (χ3v) is 3.96. The zero-order chi connectivity index (χ0) is 15.9. The zero-order valence-electron chi connectivity index (χ0n) is 13.5. The Hall–Kier alpha value is -2.11. The van der Waals surface area contributed by atoms with Crippen LogP contribution in [0.25, 0.3) is 0 Å². The standard InChI is InChI=1S/C18H23N3O2/c1-22-17-4-2-15(3-5-17)13-19-14-16-6-7-20-18(12-16)21-8-10-23-11-9-21/h2-7,12,19H,8-11,13-14H2,1H3. The van der Waals surface area contributed by atoms with E-state index in [1.165, 1.54) is 11.1 Å². The maximum absolute atomic E-state index is 5.39. The fourth-order valence-corrected chi connectivity index (χ4v) is 2.63. The molecule has 0 unspecified atom stereocenters. The number of nitrogens with zero attached hydrogens (tertiary/aromatic N) is 2. The van der Waals surface area contributed by atoms with Gasteiger partial charge in [-0.3, -0.25) is 0 Å². The maximum atomic E-state index is 5.39. The number of ether oxygens (including phenoxy) is 2. The lowest BCUT2D eigenvalue weighted by Gasteiger charge is -2.28. The number of morpholine rings is 1. The molecule has 1 aromatic heterocycles. The van der Waals surface area contributed by atoms with Crippen LogP contribution < -0.4 is 15.0 Å². The average molecular weight is 313 g/mol. The first-order valence-corrected chi connectivity index (χ1v) is 7.96. The summed E-state index contributed by atoms with van der Waals surface area (Å²) in [5, 5.41) is 3.47. The van der Waals surface area contributed by atoms with Crippen molar-refractivity contribution in [2.24, 2.45) is 0 Å². The Bertz CT molecular complexity index is 610. The predicted molar refractivity (Wildman–Crippen MR) is 90.8 cm³/mol. The maximum Gasteiger partial charge on any atom is 0.128 e. The van der Waals surface area contributed by atoms with Crippen LogP contribution in [0.4, 0.5) is 5.82 Å². The van der Waals surface area contributed by atoms with Gasteiger partial charge in [0.05, 0.1) is 20.3 Å². The minimum atomic E-state index is 0.779. The second-order valence-electron chi connectivity index (χ2n) is 5.57. The van der Waals surface area contributed by atoms with Gasteiger partial charge in [0.1, 0.15) is 11.6 Å². The highest BCUT2D eigenvalue weighted by atomic mass is 16.5. The number of nitrogens with one attached hydrogen (secondary N) is 1. The van der Waals surface area contributed by atoms with E-state index in [-0.39, 0.29) is 0 Å². The molecule has 1 aromatic carbocycles. The highest BCUT2D eigenvalue weighted by molar-refractivity contribution is 5.41. The Kier molecular flexibility index (Phi) is 5.45. The van der Waals surface area contributed by atoms with Gasteiger partial charge in [0.2, 0.25) is 0 Å². The Morgan fingerprint density at radius 3 is 2.57 bits per heavy atom. The van der Waals surface area contributed by atoms with E-state index in [9.17, 15) is 0 Å². The SMILES string of the molecule is COc1ccc(CNCc2ccnc(N3CCOCC3)c2)cc1. The molecule has 0 amide bonds. The summed E-state index contributed by atoms with van der Waals surface area (Å²) in [5.41, 5.74) is 2.49. The molecule has 0 aliphatic carbocycles. The number of anilines is 1. The minimum Gasteiger partial charge on any atom is -0.497 e. The third kappa shape index (κ3) is 4.43. The molecule has 1 aliphatic rings. The molecule has 122 valence electrons. The van der Waals surface area contributed by atoms with Crippen LogP contribution in [0.1, 0.15) is 11.1 Å². The van der Waals surface area contributed by atoms with Crippen molar-refractivity contribution in [3.05, 3.63) is 53.7 Å². The second-order valence-corrected chi connectivity index (χ2v) is 5.57. The molecule has 23 heavy (non-hydrogen) atoms. The Morgan fingerprint density at radius 2 is 1.83 bits per heavy atom. The van der Waals surface area contributed by atoms with Crippen molar-refractivity contribution < 1.29 is 9.47 Å². The van der Waals surface area contributed by atoms with Gasteiger partial charge in [-0.1, -0.05) is 12.1 Å². The topological polar surface area (TPSA) is 46.6 Å². The van der Waals surface area contributed by atoms with Gasteiger partial charge in [-0.05, 0) is 35.4 Å². The van der Waals surface area contributed by atoms with Crippen molar-refractivity contribution in [1.82, 2.24) is 10.3 Å². The van der Waals surface area contributed by atoms with Gasteiger partial charge >= 0.3 is 0 Å². The summed E-state index contributed by atoms with van der Waals surface area (Å²) in [5.74, 6) is 1.93. The van der Waals surface area contributed by atoms with Crippen LogP contribution in [0.15, 0.2) is 42.6 Å². The van der Waals surface area contributed by atoms with Crippen LogP contribution in [0, 0.1) is 0 Å². The van der Waals surface area contributed by atoms with Crippen LogP contribution in [-0.4, -0.2) is 38.4 Å². The summed E-state index contributed by atoms with van der Waals surface area (Å²) < 4.78 is 10.6. The van der Waals surface area contributed by atoms with E-state index in [0.717, 1.165) is 51.0 Å². The fourth-order valence-electron chi connectivity index (χ4n) is 2.63. The first-order chi connectivity index (χ1) is 11.3. The van der Waals surface area contributed by atoms with E-state index in [1.54, 1.807) is 7.11 Å². The molecular formula is C18H23N3O2. The molecule has 5 heteroatoms. The van der Waals surface area contributed by atoms with Gasteiger partial charge < -0.3 is 19.7 Å². The molecule has 0 saturated carbocycles. The number of hydrogen-bond donors (Lipinski definition) is 1. The molecule has 2 heterocycles. The Balaban J connectivity index is 1.53. The van der Waals surface area contributed by atoms with Gasteiger partial charge in [-0.2, -0.15) is 0 Å². The van der Waals surface area contributed by atoms with E-state index in [2.05, 4.69) is 39.5 Å². The number of pyridine rings is 1. The summed E-state index contributed by atoms with van der Waals surface area (Å²) in [6.07, 6.45) is 1.88. The number of rotatable bonds is 6. The quantitative estimate of drug-likeness (QED) is 0.886. The second kappa shape index (κ2) is 7.94. The number of hydrogen-bond acceptors (Lipinski definition) is 5. The monoisotopic (exact) mass is 313 g/mol. The lowest BCUT2D eigenvalue weighted by atomic mass is 10.2. The molecule has 1 saturated heterocycles.